The standard InChI is InChI=1S/C16H21NO2/c1-3-5-15(11-16(18)19-10-4-2)14-8-6-13(12-17)7-9-14/h6-9,15H,3-5,10-11H2,1-2H3. The molecule has 1 aromatic carbocycles. The van der Waals surface area contributed by atoms with Gasteiger partial charge in [-0.2, -0.15) is 5.26 Å². The zero-order valence-corrected chi connectivity index (χ0v) is 11.7. The molecule has 0 amide bonds. The molecule has 0 heterocycles. The normalized spacial score (nSPS) is 11.6. The summed E-state index contributed by atoms with van der Waals surface area (Å²) in [6.07, 6.45) is 3.24. The van der Waals surface area contributed by atoms with Gasteiger partial charge in [-0.05, 0) is 36.5 Å². The van der Waals surface area contributed by atoms with E-state index < -0.39 is 0 Å². The second kappa shape index (κ2) is 8.31. The summed E-state index contributed by atoms with van der Waals surface area (Å²) in [4.78, 5) is 11.7. The molecule has 0 spiro atoms. The molecule has 102 valence electrons. The molecule has 0 aliphatic carbocycles. The van der Waals surface area contributed by atoms with Gasteiger partial charge in [0, 0.05) is 0 Å². The zero-order chi connectivity index (χ0) is 14.1. The quantitative estimate of drug-likeness (QED) is 0.700. The molecule has 1 atom stereocenters. The third-order valence-corrected chi connectivity index (χ3v) is 3.03. The zero-order valence-electron chi connectivity index (χ0n) is 11.7. The maximum absolute atomic E-state index is 11.7. The summed E-state index contributed by atoms with van der Waals surface area (Å²) in [5.74, 6) is 0.0479. The van der Waals surface area contributed by atoms with E-state index in [1.54, 1.807) is 12.1 Å². The average molecular weight is 259 g/mol. The van der Waals surface area contributed by atoms with Crippen LogP contribution in [0.3, 0.4) is 0 Å². The van der Waals surface area contributed by atoms with Gasteiger partial charge >= 0.3 is 5.97 Å². The van der Waals surface area contributed by atoms with Crippen LogP contribution in [0.4, 0.5) is 0 Å². The van der Waals surface area contributed by atoms with E-state index in [1.807, 2.05) is 19.1 Å². The smallest absolute Gasteiger partial charge is 0.306 e. The lowest BCUT2D eigenvalue weighted by molar-refractivity contribution is -0.144. The van der Waals surface area contributed by atoms with E-state index in [1.165, 1.54) is 0 Å². The number of carbonyl (C=O) groups is 1. The number of nitriles is 1. The summed E-state index contributed by atoms with van der Waals surface area (Å²) < 4.78 is 5.14. The van der Waals surface area contributed by atoms with Gasteiger partial charge in [0.1, 0.15) is 0 Å². The minimum absolute atomic E-state index is 0.135. The van der Waals surface area contributed by atoms with E-state index >= 15 is 0 Å². The van der Waals surface area contributed by atoms with Gasteiger partial charge in [-0.3, -0.25) is 4.79 Å². The molecule has 0 aliphatic heterocycles. The van der Waals surface area contributed by atoms with E-state index in [4.69, 9.17) is 10.00 Å². The summed E-state index contributed by atoms with van der Waals surface area (Å²) >= 11 is 0. The van der Waals surface area contributed by atoms with Gasteiger partial charge in [0.15, 0.2) is 0 Å². The topological polar surface area (TPSA) is 50.1 Å². The van der Waals surface area contributed by atoms with E-state index in [0.717, 1.165) is 24.8 Å². The fourth-order valence-electron chi connectivity index (χ4n) is 2.04. The van der Waals surface area contributed by atoms with Crippen molar-refractivity contribution in [2.45, 2.75) is 45.4 Å². The van der Waals surface area contributed by atoms with Crippen LogP contribution in [-0.4, -0.2) is 12.6 Å². The van der Waals surface area contributed by atoms with Crippen molar-refractivity contribution >= 4 is 5.97 Å². The van der Waals surface area contributed by atoms with Crippen LogP contribution in [0.1, 0.15) is 56.6 Å². The van der Waals surface area contributed by atoms with Crippen molar-refractivity contribution in [2.24, 2.45) is 0 Å². The second-order valence-corrected chi connectivity index (χ2v) is 4.64. The first kappa shape index (κ1) is 15.2. The first-order valence-electron chi connectivity index (χ1n) is 6.86. The van der Waals surface area contributed by atoms with Crippen LogP contribution in [0.25, 0.3) is 0 Å². The highest BCUT2D eigenvalue weighted by Gasteiger charge is 2.16. The number of nitrogens with zero attached hydrogens (tertiary/aromatic N) is 1. The Kier molecular flexibility index (Phi) is 6.67. The van der Waals surface area contributed by atoms with Crippen LogP contribution in [-0.2, 0) is 9.53 Å². The monoisotopic (exact) mass is 259 g/mol. The number of hydrogen-bond acceptors (Lipinski definition) is 3. The fraction of sp³-hybridized carbons (Fsp3) is 0.500. The minimum atomic E-state index is -0.135. The van der Waals surface area contributed by atoms with E-state index in [0.29, 0.717) is 18.6 Å². The summed E-state index contributed by atoms with van der Waals surface area (Å²) in [6, 6.07) is 9.58. The molecule has 0 bridgehead atoms. The first-order chi connectivity index (χ1) is 9.21. The number of ether oxygens (including phenoxy) is 1. The Morgan fingerprint density at radius 3 is 2.47 bits per heavy atom. The molecule has 3 nitrogen and oxygen atoms in total. The summed E-state index contributed by atoms with van der Waals surface area (Å²) in [6.45, 7) is 4.58. The van der Waals surface area contributed by atoms with Gasteiger partial charge in [0.25, 0.3) is 0 Å². The summed E-state index contributed by atoms with van der Waals surface area (Å²) in [5, 5.41) is 8.79. The van der Waals surface area contributed by atoms with Gasteiger partial charge in [-0.25, -0.2) is 0 Å². The third-order valence-electron chi connectivity index (χ3n) is 3.03. The minimum Gasteiger partial charge on any atom is -0.466 e. The van der Waals surface area contributed by atoms with Crippen molar-refractivity contribution < 1.29 is 9.53 Å². The van der Waals surface area contributed by atoms with Crippen LogP contribution in [0, 0.1) is 11.3 Å². The van der Waals surface area contributed by atoms with Gasteiger partial charge in [-0.1, -0.05) is 32.4 Å². The lowest BCUT2D eigenvalue weighted by Gasteiger charge is -2.16. The number of carbonyl (C=O) groups excluding carboxylic acids is 1. The Morgan fingerprint density at radius 1 is 1.26 bits per heavy atom. The van der Waals surface area contributed by atoms with E-state index in [9.17, 15) is 4.79 Å². The molecule has 1 rings (SSSR count). The Hall–Kier alpha value is -1.82. The van der Waals surface area contributed by atoms with Gasteiger partial charge in [0.2, 0.25) is 0 Å². The van der Waals surface area contributed by atoms with Crippen LogP contribution < -0.4 is 0 Å². The Balaban J connectivity index is 2.70. The van der Waals surface area contributed by atoms with Gasteiger partial charge < -0.3 is 4.74 Å². The molecule has 0 aliphatic rings. The first-order valence-corrected chi connectivity index (χ1v) is 6.86. The van der Waals surface area contributed by atoms with Crippen molar-refractivity contribution in [3.63, 3.8) is 0 Å². The van der Waals surface area contributed by atoms with Crippen LogP contribution in [0.2, 0.25) is 0 Å². The van der Waals surface area contributed by atoms with Crippen molar-refractivity contribution in [3.05, 3.63) is 35.4 Å². The molecule has 0 saturated heterocycles. The molecule has 1 aromatic rings. The Morgan fingerprint density at radius 2 is 1.95 bits per heavy atom. The maximum Gasteiger partial charge on any atom is 0.306 e. The highest BCUT2D eigenvalue weighted by molar-refractivity contribution is 5.70. The lowest BCUT2D eigenvalue weighted by Crippen LogP contribution is -2.11. The largest absolute Gasteiger partial charge is 0.466 e. The van der Waals surface area contributed by atoms with Crippen molar-refractivity contribution in [2.75, 3.05) is 6.61 Å². The predicted molar refractivity (Wildman–Crippen MR) is 74.7 cm³/mol. The Labute approximate surface area is 115 Å². The molecule has 0 N–H and O–H groups in total. The van der Waals surface area contributed by atoms with E-state index in [2.05, 4.69) is 13.0 Å². The van der Waals surface area contributed by atoms with Crippen molar-refractivity contribution in [1.29, 1.82) is 5.26 Å². The average Bonchev–Trinajstić information content (AvgIpc) is 2.45. The predicted octanol–water partition coefficient (Wildman–Crippen LogP) is 3.79. The van der Waals surface area contributed by atoms with Crippen molar-refractivity contribution in [3.8, 4) is 6.07 Å². The number of benzene rings is 1. The molecule has 19 heavy (non-hydrogen) atoms. The third kappa shape index (κ3) is 5.13. The van der Waals surface area contributed by atoms with Crippen LogP contribution in [0.5, 0.6) is 0 Å². The Bertz CT molecular complexity index is 431. The molecule has 0 radical (unpaired) electrons. The second-order valence-electron chi connectivity index (χ2n) is 4.64. The van der Waals surface area contributed by atoms with Gasteiger partial charge in [0.05, 0.1) is 24.7 Å². The highest BCUT2D eigenvalue weighted by Crippen LogP contribution is 2.25. The number of hydrogen-bond donors (Lipinski definition) is 0. The summed E-state index contributed by atoms with van der Waals surface area (Å²) in [7, 11) is 0. The lowest BCUT2D eigenvalue weighted by atomic mass is 9.91. The molecule has 3 heteroatoms. The molecule has 1 unspecified atom stereocenters. The van der Waals surface area contributed by atoms with E-state index in [-0.39, 0.29) is 11.9 Å². The van der Waals surface area contributed by atoms with Crippen LogP contribution >= 0.6 is 0 Å². The number of rotatable bonds is 7. The molecular formula is C16H21NO2. The maximum atomic E-state index is 11.7. The van der Waals surface area contributed by atoms with Gasteiger partial charge in [-0.15, -0.1) is 0 Å². The molecule has 0 saturated carbocycles. The SMILES string of the molecule is CCCOC(=O)CC(CCC)c1ccc(C#N)cc1. The van der Waals surface area contributed by atoms with Crippen LogP contribution in [0.15, 0.2) is 24.3 Å². The summed E-state index contributed by atoms with van der Waals surface area (Å²) in [5.41, 5.74) is 1.75. The molecular weight excluding hydrogens is 238 g/mol. The molecule has 0 aromatic heterocycles. The molecule has 0 fully saturated rings. The number of esters is 1. The highest BCUT2D eigenvalue weighted by atomic mass is 16.5. The fourth-order valence-corrected chi connectivity index (χ4v) is 2.04. The van der Waals surface area contributed by atoms with Crippen molar-refractivity contribution in [1.82, 2.24) is 0 Å².